The maximum absolute atomic E-state index is 11.2. The molecule has 1 saturated heterocycles. The highest BCUT2D eigenvalue weighted by atomic mass is 16.6. The number of likely N-dealkylation sites (tertiary alicyclic amines) is 1. The third-order valence-corrected chi connectivity index (χ3v) is 2.63. The van der Waals surface area contributed by atoms with Crippen LogP contribution in [0.3, 0.4) is 0 Å². The lowest BCUT2D eigenvalue weighted by atomic mass is 9.76. The van der Waals surface area contributed by atoms with Crippen molar-refractivity contribution in [3.63, 3.8) is 0 Å². The Kier molecular flexibility index (Phi) is 2.84. The van der Waals surface area contributed by atoms with E-state index in [0.717, 1.165) is 13.1 Å². The van der Waals surface area contributed by atoms with Crippen LogP contribution in [0.5, 0.6) is 0 Å². The molecular weight excluding hydrogens is 166 g/mol. The molecule has 0 N–H and O–H groups in total. The van der Waals surface area contributed by atoms with Gasteiger partial charge in [0.1, 0.15) is 0 Å². The van der Waals surface area contributed by atoms with Crippen molar-refractivity contribution in [2.24, 2.45) is 11.3 Å². The van der Waals surface area contributed by atoms with Crippen LogP contribution >= 0.6 is 0 Å². The fraction of sp³-hybridized carbons (Fsp3) is 0.900. The summed E-state index contributed by atoms with van der Waals surface area (Å²) in [5, 5.41) is 0. The number of rotatable bonds is 1. The topological polar surface area (TPSA) is 29.5 Å². The van der Waals surface area contributed by atoms with Crippen LogP contribution in [0.1, 0.15) is 27.7 Å². The number of hydrogen-bond acceptors (Lipinski definition) is 2. The molecule has 1 amide bonds. The van der Waals surface area contributed by atoms with E-state index in [1.807, 2.05) is 6.92 Å². The second-order valence-electron chi connectivity index (χ2n) is 4.67. The van der Waals surface area contributed by atoms with Gasteiger partial charge in [-0.15, -0.1) is 0 Å². The van der Waals surface area contributed by atoms with Crippen LogP contribution in [0.4, 0.5) is 4.79 Å². The zero-order valence-corrected chi connectivity index (χ0v) is 8.96. The van der Waals surface area contributed by atoms with Gasteiger partial charge >= 0.3 is 6.09 Å². The highest BCUT2D eigenvalue weighted by Crippen LogP contribution is 2.33. The maximum Gasteiger partial charge on any atom is 0.409 e. The Bertz CT molecular complexity index is 190. The molecule has 1 fully saturated rings. The van der Waals surface area contributed by atoms with E-state index in [4.69, 9.17) is 4.74 Å². The summed E-state index contributed by atoms with van der Waals surface area (Å²) >= 11 is 0. The van der Waals surface area contributed by atoms with Gasteiger partial charge < -0.3 is 9.64 Å². The summed E-state index contributed by atoms with van der Waals surface area (Å²) in [4.78, 5) is 13.0. The summed E-state index contributed by atoms with van der Waals surface area (Å²) in [5.41, 5.74) is 0.309. The molecule has 13 heavy (non-hydrogen) atoms. The Morgan fingerprint density at radius 3 is 2.38 bits per heavy atom. The van der Waals surface area contributed by atoms with Crippen molar-refractivity contribution in [2.45, 2.75) is 27.7 Å². The summed E-state index contributed by atoms with van der Waals surface area (Å²) in [5.74, 6) is 0.622. The first kappa shape index (κ1) is 10.4. The second kappa shape index (κ2) is 3.56. The third-order valence-electron chi connectivity index (χ3n) is 2.63. The normalized spacial score (nSPS) is 18.3. The van der Waals surface area contributed by atoms with E-state index in [1.54, 1.807) is 4.90 Å². The smallest absolute Gasteiger partial charge is 0.409 e. The number of amides is 1. The van der Waals surface area contributed by atoms with Crippen molar-refractivity contribution in [1.82, 2.24) is 4.90 Å². The quantitative estimate of drug-likeness (QED) is 0.626. The van der Waals surface area contributed by atoms with Crippen molar-refractivity contribution in [3.05, 3.63) is 0 Å². The Morgan fingerprint density at radius 2 is 2.00 bits per heavy atom. The molecule has 1 heterocycles. The Morgan fingerprint density at radius 1 is 1.46 bits per heavy atom. The molecule has 3 heteroatoms. The lowest BCUT2D eigenvalue weighted by molar-refractivity contribution is 0.0162. The minimum atomic E-state index is -0.164. The molecule has 3 nitrogen and oxygen atoms in total. The minimum Gasteiger partial charge on any atom is -0.450 e. The van der Waals surface area contributed by atoms with E-state index in [2.05, 4.69) is 20.8 Å². The van der Waals surface area contributed by atoms with Gasteiger partial charge in [0.05, 0.1) is 6.61 Å². The van der Waals surface area contributed by atoms with Crippen molar-refractivity contribution >= 4 is 6.09 Å². The molecule has 76 valence electrons. The molecule has 0 aromatic heterocycles. The first-order valence-corrected chi connectivity index (χ1v) is 4.87. The number of ether oxygens (including phenoxy) is 1. The number of carbonyl (C=O) groups excluding carboxylic acids is 1. The first-order valence-electron chi connectivity index (χ1n) is 4.87. The minimum absolute atomic E-state index is 0.164. The SMILES string of the molecule is CCOC(=O)N1CC(C(C)(C)C)C1. The molecule has 0 aliphatic carbocycles. The monoisotopic (exact) mass is 185 g/mol. The fourth-order valence-corrected chi connectivity index (χ4v) is 1.39. The summed E-state index contributed by atoms with van der Waals surface area (Å²) in [6.45, 7) is 10.6. The molecule has 0 saturated carbocycles. The van der Waals surface area contributed by atoms with Gasteiger partial charge in [0.15, 0.2) is 0 Å². The average Bonchev–Trinajstić information content (AvgIpc) is 1.79. The predicted molar refractivity (Wildman–Crippen MR) is 51.5 cm³/mol. The molecule has 1 aliphatic rings. The van der Waals surface area contributed by atoms with Gasteiger partial charge in [-0.25, -0.2) is 4.79 Å². The first-order chi connectivity index (χ1) is 5.95. The summed E-state index contributed by atoms with van der Waals surface area (Å²) in [6.07, 6.45) is -0.164. The van der Waals surface area contributed by atoms with Crippen molar-refractivity contribution in [2.75, 3.05) is 19.7 Å². The number of nitrogens with zero attached hydrogens (tertiary/aromatic N) is 1. The molecule has 1 aliphatic heterocycles. The van der Waals surface area contributed by atoms with E-state index in [1.165, 1.54) is 0 Å². The zero-order chi connectivity index (χ0) is 10.1. The molecular formula is C10H19NO2. The second-order valence-corrected chi connectivity index (χ2v) is 4.67. The van der Waals surface area contributed by atoms with Gasteiger partial charge in [-0.1, -0.05) is 20.8 Å². The summed E-state index contributed by atoms with van der Waals surface area (Å²) in [7, 11) is 0. The Labute approximate surface area is 80.1 Å². The van der Waals surface area contributed by atoms with Gasteiger partial charge in [0.2, 0.25) is 0 Å². The fourth-order valence-electron chi connectivity index (χ4n) is 1.39. The van der Waals surface area contributed by atoms with E-state index in [-0.39, 0.29) is 6.09 Å². The van der Waals surface area contributed by atoms with Gasteiger partial charge in [-0.05, 0) is 18.3 Å². The van der Waals surface area contributed by atoms with Crippen molar-refractivity contribution in [3.8, 4) is 0 Å². The maximum atomic E-state index is 11.2. The summed E-state index contributed by atoms with van der Waals surface area (Å²) < 4.78 is 4.89. The predicted octanol–water partition coefficient (Wildman–Crippen LogP) is 2.12. The van der Waals surface area contributed by atoms with Gasteiger partial charge in [0, 0.05) is 13.1 Å². The molecule has 0 radical (unpaired) electrons. The van der Waals surface area contributed by atoms with Crippen LogP contribution < -0.4 is 0 Å². The number of carbonyl (C=O) groups is 1. The largest absolute Gasteiger partial charge is 0.450 e. The van der Waals surface area contributed by atoms with Gasteiger partial charge in [-0.3, -0.25) is 0 Å². The molecule has 0 spiro atoms. The third kappa shape index (κ3) is 2.36. The van der Waals surface area contributed by atoms with E-state index < -0.39 is 0 Å². The highest BCUT2D eigenvalue weighted by molar-refractivity contribution is 5.68. The van der Waals surface area contributed by atoms with Crippen molar-refractivity contribution in [1.29, 1.82) is 0 Å². The molecule has 0 unspecified atom stereocenters. The van der Waals surface area contributed by atoms with Crippen molar-refractivity contribution < 1.29 is 9.53 Å². The highest BCUT2D eigenvalue weighted by Gasteiger charge is 2.38. The molecule has 0 atom stereocenters. The molecule has 1 rings (SSSR count). The Balaban J connectivity index is 2.29. The number of hydrogen-bond donors (Lipinski definition) is 0. The van der Waals surface area contributed by atoms with Crippen LogP contribution in [0, 0.1) is 11.3 Å². The van der Waals surface area contributed by atoms with E-state index in [0.29, 0.717) is 17.9 Å². The average molecular weight is 185 g/mol. The lowest BCUT2D eigenvalue weighted by Crippen LogP contribution is -2.54. The van der Waals surface area contributed by atoms with Gasteiger partial charge in [-0.2, -0.15) is 0 Å². The standard InChI is InChI=1S/C10H19NO2/c1-5-13-9(12)11-6-8(7-11)10(2,3)4/h8H,5-7H2,1-4H3. The molecule has 0 aromatic carbocycles. The van der Waals surface area contributed by atoms with E-state index in [9.17, 15) is 4.79 Å². The van der Waals surface area contributed by atoms with Crippen LogP contribution in [-0.2, 0) is 4.74 Å². The molecule has 0 aromatic rings. The Hall–Kier alpha value is -0.730. The van der Waals surface area contributed by atoms with Crippen LogP contribution in [-0.4, -0.2) is 30.7 Å². The van der Waals surface area contributed by atoms with Gasteiger partial charge in [0.25, 0.3) is 0 Å². The zero-order valence-electron chi connectivity index (χ0n) is 8.96. The van der Waals surface area contributed by atoms with Crippen LogP contribution in [0.15, 0.2) is 0 Å². The van der Waals surface area contributed by atoms with E-state index >= 15 is 0 Å². The van der Waals surface area contributed by atoms with Crippen LogP contribution in [0.2, 0.25) is 0 Å². The molecule has 0 bridgehead atoms. The van der Waals surface area contributed by atoms with Crippen LogP contribution in [0.25, 0.3) is 0 Å². The lowest BCUT2D eigenvalue weighted by Gasteiger charge is -2.45. The summed E-state index contributed by atoms with van der Waals surface area (Å²) in [6, 6.07) is 0.